The molecule has 0 bridgehead atoms. The quantitative estimate of drug-likeness (QED) is 0.472. The Labute approximate surface area is 70.6 Å². The molecule has 0 amide bonds. The lowest BCUT2D eigenvalue weighted by molar-refractivity contribution is 0.0862. The van der Waals surface area contributed by atoms with Crippen molar-refractivity contribution in [2.75, 3.05) is 7.11 Å². The van der Waals surface area contributed by atoms with Gasteiger partial charge in [0.05, 0.1) is 6.10 Å². The summed E-state index contributed by atoms with van der Waals surface area (Å²) in [6, 6.07) is 0. The molecule has 2 atom stereocenters. The van der Waals surface area contributed by atoms with Crippen LogP contribution in [0.25, 0.3) is 0 Å². The van der Waals surface area contributed by atoms with E-state index in [0.29, 0.717) is 10.9 Å². The third-order valence-electron chi connectivity index (χ3n) is 2.01. The van der Waals surface area contributed by atoms with E-state index in [9.17, 15) is 0 Å². The van der Waals surface area contributed by atoms with E-state index in [4.69, 9.17) is 4.74 Å². The average Bonchev–Trinajstić information content (AvgIpc) is 1.95. The second-order valence-electron chi connectivity index (χ2n) is 2.76. The molecule has 0 heterocycles. The first kappa shape index (κ1) is 8.28. The molecule has 0 saturated heterocycles. The van der Waals surface area contributed by atoms with E-state index in [1.54, 1.807) is 7.11 Å². The maximum atomic E-state index is 5.23. The van der Waals surface area contributed by atoms with Crippen molar-refractivity contribution < 1.29 is 4.74 Å². The second kappa shape index (κ2) is 3.54. The Morgan fingerprint density at radius 3 is 2.80 bits per heavy atom. The molecule has 0 aromatic carbocycles. The first-order valence-electron chi connectivity index (χ1n) is 3.58. The molecule has 2 heteroatoms. The van der Waals surface area contributed by atoms with Crippen molar-refractivity contribution in [3.8, 4) is 0 Å². The highest BCUT2D eigenvalue weighted by atomic mass is 79.9. The molecule has 0 aliphatic heterocycles. The lowest BCUT2D eigenvalue weighted by Gasteiger charge is -2.26. The largest absolute Gasteiger partial charge is 0.381 e. The molecule has 1 rings (SSSR count). The Kier molecular flexibility index (Phi) is 2.93. The number of alkyl halides is 1. The van der Waals surface area contributed by atoms with E-state index in [0.717, 1.165) is 19.3 Å². The van der Waals surface area contributed by atoms with Crippen LogP contribution < -0.4 is 0 Å². The topological polar surface area (TPSA) is 9.23 Å². The van der Waals surface area contributed by atoms with Crippen molar-refractivity contribution >= 4 is 15.9 Å². The third kappa shape index (κ3) is 1.83. The van der Waals surface area contributed by atoms with Gasteiger partial charge in [0.1, 0.15) is 0 Å². The van der Waals surface area contributed by atoms with Crippen LogP contribution in [0, 0.1) is 0 Å². The van der Waals surface area contributed by atoms with Crippen LogP contribution in [0.3, 0.4) is 0 Å². The van der Waals surface area contributed by atoms with Gasteiger partial charge in [0, 0.05) is 11.9 Å². The lowest BCUT2D eigenvalue weighted by atomic mass is 9.94. The average molecular weight is 205 g/mol. The highest BCUT2D eigenvalue weighted by Crippen LogP contribution is 2.29. The standard InChI is InChI=1S/C8H13BrO/c1-6-5-7(10-2)3-4-8(6)9/h7-8H,1,3-5H2,2H3. The fourth-order valence-corrected chi connectivity index (χ4v) is 1.71. The molecule has 10 heavy (non-hydrogen) atoms. The fourth-order valence-electron chi connectivity index (χ4n) is 1.26. The Hall–Kier alpha value is 0.180. The van der Waals surface area contributed by atoms with Crippen molar-refractivity contribution in [2.45, 2.75) is 30.2 Å². The minimum Gasteiger partial charge on any atom is -0.381 e. The van der Waals surface area contributed by atoms with Gasteiger partial charge in [-0.05, 0) is 19.3 Å². The number of ether oxygens (including phenoxy) is 1. The lowest BCUT2D eigenvalue weighted by Crippen LogP contribution is -2.21. The van der Waals surface area contributed by atoms with E-state index in [1.807, 2.05) is 0 Å². The van der Waals surface area contributed by atoms with Crippen LogP contribution in [0.2, 0.25) is 0 Å². The first-order valence-corrected chi connectivity index (χ1v) is 4.50. The molecular formula is C8H13BrO. The van der Waals surface area contributed by atoms with Gasteiger partial charge in [0.25, 0.3) is 0 Å². The van der Waals surface area contributed by atoms with Crippen LogP contribution in [0.5, 0.6) is 0 Å². The number of hydrogen-bond acceptors (Lipinski definition) is 1. The summed E-state index contributed by atoms with van der Waals surface area (Å²) >= 11 is 3.56. The van der Waals surface area contributed by atoms with E-state index < -0.39 is 0 Å². The highest BCUT2D eigenvalue weighted by Gasteiger charge is 2.21. The summed E-state index contributed by atoms with van der Waals surface area (Å²) in [6.07, 6.45) is 3.76. The number of methoxy groups -OCH3 is 1. The first-order chi connectivity index (χ1) is 4.74. The molecule has 1 aliphatic carbocycles. The van der Waals surface area contributed by atoms with Gasteiger partial charge in [-0.25, -0.2) is 0 Å². The smallest absolute Gasteiger partial charge is 0.0609 e. The zero-order chi connectivity index (χ0) is 7.56. The summed E-state index contributed by atoms with van der Waals surface area (Å²) in [7, 11) is 1.77. The zero-order valence-electron chi connectivity index (χ0n) is 6.27. The summed E-state index contributed by atoms with van der Waals surface area (Å²) in [4.78, 5) is 0.527. The predicted octanol–water partition coefficient (Wildman–Crippen LogP) is 2.51. The summed E-state index contributed by atoms with van der Waals surface area (Å²) < 4.78 is 5.23. The summed E-state index contributed by atoms with van der Waals surface area (Å²) in [5, 5.41) is 0. The van der Waals surface area contributed by atoms with Crippen LogP contribution in [-0.4, -0.2) is 18.0 Å². The highest BCUT2D eigenvalue weighted by molar-refractivity contribution is 9.09. The molecule has 0 aromatic rings. The molecule has 58 valence electrons. The van der Waals surface area contributed by atoms with Crippen molar-refractivity contribution in [3.05, 3.63) is 12.2 Å². The van der Waals surface area contributed by atoms with Gasteiger partial charge in [-0.3, -0.25) is 0 Å². The Balaban J connectivity index is 2.41. The fraction of sp³-hybridized carbons (Fsp3) is 0.750. The van der Waals surface area contributed by atoms with E-state index in [2.05, 4.69) is 22.5 Å². The second-order valence-corrected chi connectivity index (χ2v) is 3.87. The van der Waals surface area contributed by atoms with Crippen molar-refractivity contribution in [3.63, 3.8) is 0 Å². The van der Waals surface area contributed by atoms with Crippen LogP contribution >= 0.6 is 15.9 Å². The minimum atomic E-state index is 0.418. The maximum absolute atomic E-state index is 5.23. The van der Waals surface area contributed by atoms with Crippen LogP contribution in [0.15, 0.2) is 12.2 Å². The molecular weight excluding hydrogens is 192 g/mol. The maximum Gasteiger partial charge on any atom is 0.0609 e. The summed E-state index contributed by atoms with van der Waals surface area (Å²) in [5.74, 6) is 0. The number of hydrogen-bond donors (Lipinski definition) is 0. The van der Waals surface area contributed by atoms with E-state index >= 15 is 0 Å². The van der Waals surface area contributed by atoms with Crippen molar-refractivity contribution in [1.29, 1.82) is 0 Å². The van der Waals surface area contributed by atoms with Crippen molar-refractivity contribution in [1.82, 2.24) is 0 Å². The molecule has 1 saturated carbocycles. The summed E-state index contributed by atoms with van der Waals surface area (Å²) in [6.45, 7) is 3.97. The van der Waals surface area contributed by atoms with E-state index in [-0.39, 0.29) is 0 Å². The monoisotopic (exact) mass is 204 g/mol. The molecule has 0 radical (unpaired) electrons. The number of rotatable bonds is 1. The number of halogens is 1. The van der Waals surface area contributed by atoms with Crippen molar-refractivity contribution in [2.24, 2.45) is 0 Å². The SMILES string of the molecule is C=C1CC(OC)CCC1Br. The van der Waals surface area contributed by atoms with Gasteiger partial charge >= 0.3 is 0 Å². The van der Waals surface area contributed by atoms with Gasteiger partial charge < -0.3 is 4.74 Å². The van der Waals surface area contributed by atoms with Gasteiger partial charge in [-0.2, -0.15) is 0 Å². The van der Waals surface area contributed by atoms with Crippen LogP contribution in [0.4, 0.5) is 0 Å². The van der Waals surface area contributed by atoms with Crippen LogP contribution in [0.1, 0.15) is 19.3 Å². The van der Waals surface area contributed by atoms with E-state index in [1.165, 1.54) is 5.57 Å². The predicted molar refractivity (Wildman–Crippen MR) is 46.5 cm³/mol. The third-order valence-corrected chi connectivity index (χ3v) is 3.11. The Bertz CT molecular complexity index is 133. The van der Waals surface area contributed by atoms with Gasteiger partial charge in [-0.15, -0.1) is 0 Å². The molecule has 1 aliphatic rings. The summed E-state index contributed by atoms with van der Waals surface area (Å²) in [5.41, 5.74) is 1.28. The van der Waals surface area contributed by atoms with Gasteiger partial charge in [0.15, 0.2) is 0 Å². The van der Waals surface area contributed by atoms with Crippen LogP contribution in [-0.2, 0) is 4.74 Å². The Morgan fingerprint density at radius 1 is 1.60 bits per heavy atom. The zero-order valence-corrected chi connectivity index (χ0v) is 7.86. The van der Waals surface area contributed by atoms with Gasteiger partial charge in [-0.1, -0.05) is 28.1 Å². The molecule has 0 spiro atoms. The van der Waals surface area contributed by atoms with Gasteiger partial charge in [0.2, 0.25) is 0 Å². The molecule has 0 N–H and O–H groups in total. The normalized spacial score (nSPS) is 34.4. The Morgan fingerprint density at radius 2 is 2.30 bits per heavy atom. The molecule has 1 nitrogen and oxygen atoms in total. The molecule has 2 unspecified atom stereocenters. The molecule has 1 fully saturated rings. The molecule has 0 aromatic heterocycles. The minimum absolute atomic E-state index is 0.418.